The minimum atomic E-state index is -0.154. The molecule has 21 heavy (non-hydrogen) atoms. The Bertz CT molecular complexity index is 673. The Morgan fingerprint density at radius 2 is 2.10 bits per heavy atom. The van der Waals surface area contributed by atoms with Crippen LogP contribution in [0.25, 0.3) is 10.9 Å². The number of benzene rings is 1. The number of H-pyrrole nitrogens is 1. The molecule has 0 bridgehead atoms. The van der Waals surface area contributed by atoms with Crippen molar-refractivity contribution in [3.05, 3.63) is 30.0 Å². The van der Waals surface area contributed by atoms with E-state index in [0.717, 1.165) is 36.8 Å². The van der Waals surface area contributed by atoms with Gasteiger partial charge in [-0.25, -0.2) is 0 Å². The SMILES string of the molecule is CN(CC(=O)N1CCCC1)C(=O)c1ccc2cn[nH]c2c1. The molecule has 1 aromatic carbocycles. The highest BCUT2D eigenvalue weighted by molar-refractivity contribution is 5.99. The fourth-order valence-electron chi connectivity index (χ4n) is 2.63. The van der Waals surface area contributed by atoms with Gasteiger partial charge in [-0.1, -0.05) is 6.07 Å². The summed E-state index contributed by atoms with van der Waals surface area (Å²) in [4.78, 5) is 27.8. The normalized spacial score (nSPS) is 14.6. The third-order valence-corrected chi connectivity index (χ3v) is 3.87. The number of hydrogen-bond acceptors (Lipinski definition) is 3. The number of likely N-dealkylation sites (tertiary alicyclic amines) is 1. The third kappa shape index (κ3) is 2.74. The molecule has 1 aliphatic rings. The summed E-state index contributed by atoms with van der Waals surface area (Å²) in [5, 5.41) is 7.74. The van der Waals surface area contributed by atoms with Crippen molar-refractivity contribution < 1.29 is 9.59 Å². The van der Waals surface area contributed by atoms with E-state index in [1.54, 1.807) is 25.4 Å². The monoisotopic (exact) mass is 286 g/mol. The van der Waals surface area contributed by atoms with Gasteiger partial charge in [0, 0.05) is 31.1 Å². The number of nitrogens with zero attached hydrogens (tertiary/aromatic N) is 3. The van der Waals surface area contributed by atoms with Gasteiger partial charge >= 0.3 is 0 Å². The molecule has 2 aromatic rings. The van der Waals surface area contributed by atoms with E-state index in [1.165, 1.54) is 4.90 Å². The van der Waals surface area contributed by atoms with Crippen LogP contribution < -0.4 is 0 Å². The lowest BCUT2D eigenvalue weighted by atomic mass is 10.1. The van der Waals surface area contributed by atoms with E-state index in [4.69, 9.17) is 0 Å². The number of hydrogen-bond donors (Lipinski definition) is 1. The fraction of sp³-hybridized carbons (Fsp3) is 0.400. The Balaban J connectivity index is 1.69. The van der Waals surface area contributed by atoms with E-state index >= 15 is 0 Å². The summed E-state index contributed by atoms with van der Waals surface area (Å²) in [6.45, 7) is 1.74. The summed E-state index contributed by atoms with van der Waals surface area (Å²) in [5.41, 5.74) is 1.38. The molecule has 0 atom stereocenters. The molecular weight excluding hydrogens is 268 g/mol. The first-order valence-corrected chi connectivity index (χ1v) is 7.11. The number of nitrogens with one attached hydrogen (secondary N) is 1. The highest BCUT2D eigenvalue weighted by atomic mass is 16.2. The van der Waals surface area contributed by atoms with Crippen molar-refractivity contribution in [2.24, 2.45) is 0 Å². The topological polar surface area (TPSA) is 69.3 Å². The second-order valence-electron chi connectivity index (χ2n) is 5.42. The molecule has 110 valence electrons. The molecule has 2 amide bonds. The zero-order chi connectivity index (χ0) is 14.8. The zero-order valence-electron chi connectivity index (χ0n) is 12.0. The molecule has 1 saturated heterocycles. The predicted octanol–water partition coefficient (Wildman–Crippen LogP) is 1.26. The van der Waals surface area contributed by atoms with Gasteiger partial charge in [-0.15, -0.1) is 0 Å². The molecule has 1 aliphatic heterocycles. The van der Waals surface area contributed by atoms with Crippen LogP contribution in [0.2, 0.25) is 0 Å². The van der Waals surface area contributed by atoms with E-state index in [1.807, 2.05) is 11.0 Å². The molecule has 6 heteroatoms. The van der Waals surface area contributed by atoms with Crippen molar-refractivity contribution in [3.8, 4) is 0 Å². The summed E-state index contributed by atoms with van der Waals surface area (Å²) in [5.74, 6) is -0.134. The van der Waals surface area contributed by atoms with Crippen LogP contribution in [0.1, 0.15) is 23.2 Å². The lowest BCUT2D eigenvalue weighted by molar-refractivity contribution is -0.130. The van der Waals surface area contributed by atoms with Crippen LogP contribution >= 0.6 is 0 Å². The second-order valence-corrected chi connectivity index (χ2v) is 5.42. The van der Waals surface area contributed by atoms with Gasteiger partial charge in [0.1, 0.15) is 0 Å². The first-order valence-electron chi connectivity index (χ1n) is 7.11. The highest BCUT2D eigenvalue weighted by Gasteiger charge is 2.21. The van der Waals surface area contributed by atoms with Crippen molar-refractivity contribution >= 4 is 22.7 Å². The molecule has 6 nitrogen and oxygen atoms in total. The van der Waals surface area contributed by atoms with E-state index in [2.05, 4.69) is 10.2 Å². The van der Waals surface area contributed by atoms with Crippen molar-refractivity contribution in [2.45, 2.75) is 12.8 Å². The number of aromatic amines is 1. The molecule has 2 heterocycles. The number of carbonyl (C=O) groups excluding carboxylic acids is 2. The van der Waals surface area contributed by atoms with E-state index in [9.17, 15) is 9.59 Å². The average Bonchev–Trinajstić information content (AvgIpc) is 3.16. The minimum absolute atomic E-state index is 0.0194. The van der Waals surface area contributed by atoms with Crippen molar-refractivity contribution in [1.82, 2.24) is 20.0 Å². The van der Waals surface area contributed by atoms with E-state index < -0.39 is 0 Å². The number of amides is 2. The predicted molar refractivity (Wildman–Crippen MR) is 78.9 cm³/mol. The Labute approximate surface area is 122 Å². The van der Waals surface area contributed by atoms with Crippen LogP contribution in [-0.4, -0.2) is 58.5 Å². The molecule has 0 saturated carbocycles. The number of fused-ring (bicyclic) bond motifs is 1. The Hall–Kier alpha value is -2.37. The lowest BCUT2D eigenvalue weighted by Gasteiger charge is -2.21. The number of carbonyl (C=O) groups is 2. The Morgan fingerprint density at radius 1 is 1.33 bits per heavy atom. The molecule has 1 aromatic heterocycles. The van der Waals surface area contributed by atoms with Crippen LogP contribution in [0.3, 0.4) is 0 Å². The summed E-state index contributed by atoms with van der Waals surface area (Å²) in [6, 6.07) is 5.38. The van der Waals surface area contributed by atoms with E-state index in [0.29, 0.717) is 5.56 Å². The maximum atomic E-state index is 12.4. The molecule has 1 N–H and O–H groups in total. The number of rotatable bonds is 3. The zero-order valence-corrected chi connectivity index (χ0v) is 12.0. The quantitative estimate of drug-likeness (QED) is 0.923. The molecule has 0 spiro atoms. The highest BCUT2D eigenvalue weighted by Crippen LogP contribution is 2.14. The minimum Gasteiger partial charge on any atom is -0.341 e. The molecular formula is C15H18N4O2. The van der Waals surface area contributed by atoms with Gasteiger partial charge in [-0.05, 0) is 25.0 Å². The standard InChI is InChI=1S/C15H18N4O2/c1-18(10-14(20)19-6-2-3-7-19)15(21)11-4-5-12-9-16-17-13(12)8-11/h4-5,8-9H,2-3,6-7,10H2,1H3,(H,16,17). The van der Waals surface area contributed by atoms with Gasteiger partial charge < -0.3 is 9.80 Å². The van der Waals surface area contributed by atoms with Crippen molar-refractivity contribution in [1.29, 1.82) is 0 Å². The van der Waals surface area contributed by atoms with Gasteiger partial charge in [-0.3, -0.25) is 14.7 Å². The summed E-state index contributed by atoms with van der Waals surface area (Å²) < 4.78 is 0. The number of likely N-dealkylation sites (N-methyl/N-ethyl adjacent to an activating group) is 1. The van der Waals surface area contributed by atoms with Crippen LogP contribution in [-0.2, 0) is 4.79 Å². The van der Waals surface area contributed by atoms with Crippen LogP contribution in [0.4, 0.5) is 0 Å². The van der Waals surface area contributed by atoms with Gasteiger partial charge in [0.2, 0.25) is 5.91 Å². The fourth-order valence-corrected chi connectivity index (χ4v) is 2.63. The van der Waals surface area contributed by atoms with Gasteiger partial charge in [0.25, 0.3) is 5.91 Å². The maximum Gasteiger partial charge on any atom is 0.254 e. The second kappa shape index (κ2) is 5.55. The largest absolute Gasteiger partial charge is 0.341 e. The summed E-state index contributed by atoms with van der Waals surface area (Å²) in [7, 11) is 1.66. The lowest BCUT2D eigenvalue weighted by Crippen LogP contribution is -2.39. The van der Waals surface area contributed by atoms with Crippen molar-refractivity contribution in [3.63, 3.8) is 0 Å². The van der Waals surface area contributed by atoms with Crippen molar-refractivity contribution in [2.75, 3.05) is 26.7 Å². The summed E-state index contributed by atoms with van der Waals surface area (Å²) in [6.07, 6.45) is 3.82. The third-order valence-electron chi connectivity index (χ3n) is 3.87. The smallest absolute Gasteiger partial charge is 0.254 e. The first-order chi connectivity index (χ1) is 10.1. The molecule has 0 radical (unpaired) electrons. The number of aromatic nitrogens is 2. The van der Waals surface area contributed by atoms with Gasteiger partial charge in [-0.2, -0.15) is 5.10 Å². The molecule has 1 fully saturated rings. The molecule has 0 aliphatic carbocycles. The Kier molecular flexibility index (Phi) is 3.60. The maximum absolute atomic E-state index is 12.4. The molecule has 3 rings (SSSR count). The van der Waals surface area contributed by atoms with Gasteiger partial charge in [0.05, 0.1) is 18.3 Å². The van der Waals surface area contributed by atoms with Crippen LogP contribution in [0, 0.1) is 0 Å². The van der Waals surface area contributed by atoms with Gasteiger partial charge in [0.15, 0.2) is 0 Å². The van der Waals surface area contributed by atoms with E-state index in [-0.39, 0.29) is 18.4 Å². The first kappa shape index (κ1) is 13.6. The molecule has 0 unspecified atom stereocenters. The average molecular weight is 286 g/mol. The van der Waals surface area contributed by atoms with Crippen LogP contribution in [0.5, 0.6) is 0 Å². The summed E-state index contributed by atoms with van der Waals surface area (Å²) >= 11 is 0. The van der Waals surface area contributed by atoms with Crippen LogP contribution in [0.15, 0.2) is 24.4 Å². The Morgan fingerprint density at radius 3 is 2.86 bits per heavy atom.